The maximum Gasteiger partial charge on any atom is 0.326 e. The van der Waals surface area contributed by atoms with Crippen molar-refractivity contribution in [1.82, 2.24) is 10.6 Å². The molecule has 0 aromatic heterocycles. The van der Waals surface area contributed by atoms with Gasteiger partial charge in [-0.2, -0.15) is 11.8 Å². The number of carbonyl (C=O) groups excluding carboxylic acids is 2. The van der Waals surface area contributed by atoms with E-state index in [1.807, 2.05) is 6.26 Å². The lowest BCUT2D eigenvalue weighted by atomic mass is 10.1. The normalized spacial score (nSPS) is 13.8. The summed E-state index contributed by atoms with van der Waals surface area (Å²) in [6, 6.07) is -2.75. The maximum absolute atomic E-state index is 12.6. The van der Waals surface area contributed by atoms with E-state index in [2.05, 4.69) is 15.6 Å². The molecule has 0 bridgehead atoms. The molecule has 0 aromatic carbocycles. The molecule has 168 valence electrons. The van der Waals surface area contributed by atoms with E-state index in [-0.39, 0.29) is 25.3 Å². The highest BCUT2D eigenvalue weighted by Gasteiger charge is 2.27. The van der Waals surface area contributed by atoms with E-state index in [0.29, 0.717) is 31.6 Å². The number of aliphatic imine (C=N–C) groups is 1. The third kappa shape index (κ3) is 12.9. The fourth-order valence-corrected chi connectivity index (χ4v) is 2.93. The van der Waals surface area contributed by atoms with E-state index in [1.54, 1.807) is 0 Å². The van der Waals surface area contributed by atoms with Crippen LogP contribution in [-0.2, 0) is 14.4 Å². The Kier molecular flexibility index (Phi) is 14.7. The van der Waals surface area contributed by atoms with Crippen LogP contribution >= 0.6 is 11.8 Å². The fraction of sp³-hybridized carbons (Fsp3) is 0.765. The quantitative estimate of drug-likeness (QED) is 0.0838. The Morgan fingerprint density at radius 1 is 1.00 bits per heavy atom. The van der Waals surface area contributed by atoms with E-state index >= 15 is 0 Å². The monoisotopic (exact) mass is 433 g/mol. The summed E-state index contributed by atoms with van der Waals surface area (Å²) >= 11 is 1.48. The number of nitrogens with one attached hydrogen (secondary N) is 2. The molecular weight excluding hydrogens is 398 g/mol. The van der Waals surface area contributed by atoms with Crippen molar-refractivity contribution in [3.05, 3.63) is 0 Å². The summed E-state index contributed by atoms with van der Waals surface area (Å²) in [5, 5.41) is 14.4. The third-order valence-electron chi connectivity index (χ3n) is 4.11. The Bertz CT molecular complexity index is 544. The average Bonchev–Trinajstić information content (AvgIpc) is 2.66. The molecule has 0 saturated carbocycles. The summed E-state index contributed by atoms with van der Waals surface area (Å²) in [5.74, 6) is -1.67. The van der Waals surface area contributed by atoms with Crippen molar-refractivity contribution in [2.24, 2.45) is 27.9 Å². The predicted octanol–water partition coefficient (Wildman–Crippen LogP) is -1.70. The molecule has 11 N–H and O–H groups in total. The van der Waals surface area contributed by atoms with Gasteiger partial charge in [0.15, 0.2) is 5.96 Å². The number of carbonyl (C=O) groups is 3. The van der Waals surface area contributed by atoms with Gasteiger partial charge in [-0.15, -0.1) is 0 Å². The highest BCUT2D eigenvalue weighted by Crippen LogP contribution is 2.05. The first-order valence-corrected chi connectivity index (χ1v) is 11.0. The summed E-state index contributed by atoms with van der Waals surface area (Å²) in [6.07, 6.45) is 4.66. The minimum Gasteiger partial charge on any atom is -0.480 e. The first-order valence-electron chi connectivity index (χ1n) is 9.56. The molecule has 0 spiro atoms. The number of carboxylic acid groups (broad SMARTS) is 1. The van der Waals surface area contributed by atoms with E-state index in [0.717, 1.165) is 6.42 Å². The molecule has 12 heteroatoms. The largest absolute Gasteiger partial charge is 0.480 e. The first kappa shape index (κ1) is 27.0. The van der Waals surface area contributed by atoms with Crippen LogP contribution in [0.25, 0.3) is 0 Å². The second-order valence-electron chi connectivity index (χ2n) is 6.58. The standard InChI is InChI=1S/C17H35N7O4S/c1-29-10-7-13(16(27)28)24-15(26)12(6-4-9-22-17(20)21)23-14(25)11(19)5-2-3-8-18/h11-13H,2-10,18-19H2,1H3,(H,23,25)(H,24,26)(H,27,28)(H4,20,21,22). The van der Waals surface area contributed by atoms with Crippen LogP contribution in [0.15, 0.2) is 4.99 Å². The number of carboxylic acids is 1. The molecule has 0 aliphatic carbocycles. The van der Waals surface area contributed by atoms with Gasteiger partial charge in [0.1, 0.15) is 12.1 Å². The molecule has 3 atom stereocenters. The molecule has 2 amide bonds. The van der Waals surface area contributed by atoms with Gasteiger partial charge in [0.05, 0.1) is 6.04 Å². The molecule has 0 aliphatic heterocycles. The minimum absolute atomic E-state index is 0.0695. The van der Waals surface area contributed by atoms with Crippen LogP contribution in [0.3, 0.4) is 0 Å². The van der Waals surface area contributed by atoms with Gasteiger partial charge in [0.25, 0.3) is 0 Å². The van der Waals surface area contributed by atoms with Crippen molar-refractivity contribution < 1.29 is 19.5 Å². The zero-order valence-corrected chi connectivity index (χ0v) is 17.7. The summed E-state index contributed by atoms with van der Waals surface area (Å²) in [6.45, 7) is 0.788. The lowest BCUT2D eigenvalue weighted by molar-refractivity contribution is -0.142. The zero-order valence-electron chi connectivity index (χ0n) is 16.9. The van der Waals surface area contributed by atoms with Crippen molar-refractivity contribution in [1.29, 1.82) is 0 Å². The van der Waals surface area contributed by atoms with E-state index < -0.39 is 35.9 Å². The van der Waals surface area contributed by atoms with Gasteiger partial charge in [-0.3, -0.25) is 14.6 Å². The SMILES string of the molecule is CSCCC(NC(=O)C(CCCN=C(N)N)NC(=O)C(N)CCCCN)C(=O)O. The number of thioether (sulfide) groups is 1. The fourth-order valence-electron chi connectivity index (χ4n) is 2.46. The molecule has 0 aliphatic rings. The van der Waals surface area contributed by atoms with Crippen molar-refractivity contribution in [2.45, 2.75) is 56.7 Å². The van der Waals surface area contributed by atoms with Gasteiger partial charge in [0, 0.05) is 6.54 Å². The Hall–Kier alpha value is -2.05. The van der Waals surface area contributed by atoms with Crippen LogP contribution < -0.4 is 33.6 Å². The number of amides is 2. The molecule has 29 heavy (non-hydrogen) atoms. The van der Waals surface area contributed by atoms with E-state index in [9.17, 15) is 19.5 Å². The number of rotatable bonds is 16. The molecule has 3 unspecified atom stereocenters. The Balaban J connectivity index is 5.00. The van der Waals surface area contributed by atoms with E-state index in [1.165, 1.54) is 11.8 Å². The Morgan fingerprint density at radius 2 is 1.66 bits per heavy atom. The number of aliphatic carboxylic acids is 1. The topological polar surface area (TPSA) is 212 Å². The van der Waals surface area contributed by atoms with Crippen LogP contribution in [0.4, 0.5) is 0 Å². The van der Waals surface area contributed by atoms with Crippen LogP contribution in [-0.4, -0.2) is 72.1 Å². The molecule has 0 saturated heterocycles. The predicted molar refractivity (Wildman–Crippen MR) is 115 cm³/mol. The summed E-state index contributed by atoms with van der Waals surface area (Å²) < 4.78 is 0. The smallest absolute Gasteiger partial charge is 0.326 e. The number of guanidine groups is 1. The zero-order chi connectivity index (χ0) is 22.2. The lowest BCUT2D eigenvalue weighted by Crippen LogP contribution is -2.54. The molecule has 0 radical (unpaired) electrons. The van der Waals surface area contributed by atoms with Crippen molar-refractivity contribution in [2.75, 3.05) is 25.1 Å². The first-order chi connectivity index (χ1) is 13.7. The van der Waals surface area contributed by atoms with Crippen molar-refractivity contribution in [3.8, 4) is 0 Å². The Morgan fingerprint density at radius 3 is 2.21 bits per heavy atom. The summed E-state index contributed by atoms with van der Waals surface area (Å²) in [5.41, 5.74) is 21.9. The number of hydrogen-bond acceptors (Lipinski definition) is 7. The summed E-state index contributed by atoms with van der Waals surface area (Å²) in [4.78, 5) is 40.2. The van der Waals surface area contributed by atoms with Gasteiger partial charge in [-0.05, 0) is 50.7 Å². The van der Waals surface area contributed by atoms with Crippen LogP contribution in [0.5, 0.6) is 0 Å². The van der Waals surface area contributed by atoms with Crippen molar-refractivity contribution >= 4 is 35.5 Å². The second kappa shape index (κ2) is 15.8. The van der Waals surface area contributed by atoms with Gasteiger partial charge in [-0.1, -0.05) is 6.42 Å². The molecule has 0 heterocycles. The Labute approximate surface area is 175 Å². The van der Waals surface area contributed by atoms with Gasteiger partial charge in [0.2, 0.25) is 11.8 Å². The molecular formula is C17H35N7O4S. The van der Waals surface area contributed by atoms with Crippen LogP contribution in [0.1, 0.15) is 38.5 Å². The lowest BCUT2D eigenvalue weighted by Gasteiger charge is -2.23. The second-order valence-corrected chi connectivity index (χ2v) is 7.57. The van der Waals surface area contributed by atoms with Gasteiger partial charge in [-0.25, -0.2) is 4.79 Å². The number of nitrogens with zero attached hydrogens (tertiary/aromatic N) is 1. The molecule has 0 aromatic rings. The number of unbranched alkanes of at least 4 members (excludes halogenated alkanes) is 1. The maximum atomic E-state index is 12.6. The molecule has 11 nitrogen and oxygen atoms in total. The van der Waals surface area contributed by atoms with Crippen LogP contribution in [0, 0.1) is 0 Å². The van der Waals surface area contributed by atoms with Gasteiger partial charge >= 0.3 is 5.97 Å². The number of hydrogen-bond donors (Lipinski definition) is 7. The van der Waals surface area contributed by atoms with Crippen LogP contribution in [0.2, 0.25) is 0 Å². The van der Waals surface area contributed by atoms with Gasteiger partial charge < -0.3 is 38.7 Å². The minimum atomic E-state index is -1.13. The molecule has 0 rings (SSSR count). The number of nitrogens with two attached hydrogens (primary N) is 4. The third-order valence-corrected chi connectivity index (χ3v) is 4.75. The molecule has 0 fully saturated rings. The summed E-state index contributed by atoms with van der Waals surface area (Å²) in [7, 11) is 0. The highest BCUT2D eigenvalue weighted by atomic mass is 32.2. The highest BCUT2D eigenvalue weighted by molar-refractivity contribution is 7.98. The average molecular weight is 434 g/mol. The van der Waals surface area contributed by atoms with E-state index in [4.69, 9.17) is 22.9 Å². The van der Waals surface area contributed by atoms with Crippen molar-refractivity contribution in [3.63, 3.8) is 0 Å².